The van der Waals surface area contributed by atoms with E-state index < -0.39 is 0 Å². The van der Waals surface area contributed by atoms with Crippen LogP contribution >= 0.6 is 0 Å². The molecule has 4 heteroatoms. The molecule has 1 rings (SSSR count). The highest BCUT2D eigenvalue weighted by Gasteiger charge is 1.94. The van der Waals surface area contributed by atoms with E-state index in [1.165, 1.54) is 0 Å². The van der Waals surface area contributed by atoms with Gasteiger partial charge in [0, 0.05) is 6.20 Å². The second-order valence-corrected chi connectivity index (χ2v) is 1.73. The fourth-order valence-corrected chi connectivity index (χ4v) is 0.629. The zero-order valence-corrected chi connectivity index (χ0v) is 5.33. The van der Waals surface area contributed by atoms with Gasteiger partial charge in [0.1, 0.15) is 12.2 Å². The number of aromatic amines is 1. The van der Waals surface area contributed by atoms with E-state index in [-0.39, 0.29) is 0 Å². The molecule has 0 radical (unpaired) electrons. The Kier molecular flexibility index (Phi) is 1.84. The molecule has 4 N–H and O–H groups in total. The number of nitrogens with two attached hydrogens (primary N) is 1. The van der Waals surface area contributed by atoms with Gasteiger partial charge in [0.15, 0.2) is 0 Å². The van der Waals surface area contributed by atoms with Gasteiger partial charge in [-0.3, -0.25) is 5.41 Å². The second-order valence-electron chi connectivity index (χ2n) is 1.73. The van der Waals surface area contributed by atoms with Crippen molar-refractivity contribution >= 4 is 12.2 Å². The third-order valence-electron chi connectivity index (χ3n) is 1.08. The minimum Gasteiger partial charge on any atom is -0.382 e. The van der Waals surface area contributed by atoms with E-state index in [1.54, 1.807) is 12.3 Å². The fraction of sp³-hybridized carbons (Fsp3) is 0. The Morgan fingerprint density at radius 3 is 3.10 bits per heavy atom. The van der Waals surface area contributed by atoms with Gasteiger partial charge in [0.25, 0.3) is 0 Å². The van der Waals surface area contributed by atoms with E-state index in [9.17, 15) is 0 Å². The summed E-state index contributed by atoms with van der Waals surface area (Å²) >= 11 is 0. The van der Waals surface area contributed by atoms with Crippen molar-refractivity contribution in [3.05, 3.63) is 24.0 Å². The Balaban J connectivity index is 2.86. The largest absolute Gasteiger partial charge is 0.382 e. The molecule has 52 valence electrons. The van der Waals surface area contributed by atoms with Crippen molar-refractivity contribution in [1.29, 1.82) is 5.41 Å². The molecule has 0 saturated heterocycles. The Hall–Kier alpha value is -1.58. The first-order valence-electron chi connectivity index (χ1n) is 2.80. The predicted molar refractivity (Wildman–Crippen MR) is 40.3 cm³/mol. The average Bonchev–Trinajstić information content (AvgIpc) is 2.38. The molecule has 1 heterocycles. The van der Waals surface area contributed by atoms with E-state index >= 15 is 0 Å². The molecule has 0 aromatic carbocycles. The molecule has 0 bridgehead atoms. The van der Waals surface area contributed by atoms with Gasteiger partial charge in [-0.05, 0) is 12.1 Å². The Bertz CT molecular complexity index is 234. The maximum atomic E-state index is 6.63. The highest BCUT2D eigenvalue weighted by molar-refractivity contribution is 5.99. The lowest BCUT2D eigenvalue weighted by atomic mass is 10.4. The van der Waals surface area contributed by atoms with E-state index in [2.05, 4.69) is 9.98 Å². The van der Waals surface area contributed by atoms with E-state index in [1.807, 2.05) is 6.07 Å². The van der Waals surface area contributed by atoms with Crippen molar-refractivity contribution in [2.45, 2.75) is 0 Å². The number of H-pyrrole nitrogens is 1. The first kappa shape index (κ1) is 6.54. The summed E-state index contributed by atoms with van der Waals surface area (Å²) in [5, 5.41) is 6.63. The maximum absolute atomic E-state index is 6.63. The minimum absolute atomic E-state index is 0.333. The summed E-state index contributed by atoms with van der Waals surface area (Å²) in [5.41, 5.74) is 6.16. The molecule has 1 aromatic rings. The minimum atomic E-state index is 0.333. The van der Waals surface area contributed by atoms with Gasteiger partial charge < -0.3 is 10.7 Å². The molecule has 0 aliphatic heterocycles. The number of nitrogens with zero attached hydrogens (tertiary/aromatic N) is 1. The summed E-state index contributed by atoms with van der Waals surface area (Å²) in [5.74, 6) is 0.333. The second kappa shape index (κ2) is 2.82. The Morgan fingerprint density at radius 2 is 2.60 bits per heavy atom. The number of hydrogen-bond donors (Lipinski definition) is 3. The van der Waals surface area contributed by atoms with E-state index in [0.29, 0.717) is 5.84 Å². The van der Waals surface area contributed by atoms with Crippen LogP contribution in [0.2, 0.25) is 0 Å². The van der Waals surface area contributed by atoms with Gasteiger partial charge in [-0.15, -0.1) is 0 Å². The van der Waals surface area contributed by atoms with Crippen molar-refractivity contribution in [2.24, 2.45) is 10.7 Å². The van der Waals surface area contributed by atoms with Crippen LogP contribution in [0.5, 0.6) is 0 Å². The number of aliphatic imine (C=N–C) groups is 1. The lowest BCUT2D eigenvalue weighted by Crippen LogP contribution is -2.13. The number of nitrogens with one attached hydrogen (secondary N) is 2. The summed E-state index contributed by atoms with van der Waals surface area (Å²) in [4.78, 5) is 6.43. The van der Waals surface area contributed by atoms with E-state index in [4.69, 9.17) is 11.1 Å². The van der Waals surface area contributed by atoms with Crippen LogP contribution in [-0.4, -0.2) is 17.2 Å². The Morgan fingerprint density at radius 1 is 1.80 bits per heavy atom. The van der Waals surface area contributed by atoms with E-state index in [0.717, 1.165) is 12.0 Å². The summed E-state index contributed by atoms with van der Waals surface area (Å²) in [6.07, 6.45) is 2.66. The van der Waals surface area contributed by atoms with Crippen LogP contribution in [0.3, 0.4) is 0 Å². The van der Waals surface area contributed by atoms with Crippen molar-refractivity contribution in [2.75, 3.05) is 0 Å². The molecule has 0 atom stereocenters. The van der Waals surface area contributed by atoms with Crippen LogP contribution in [-0.2, 0) is 0 Å². The smallest absolute Gasteiger partial charge is 0.148 e. The van der Waals surface area contributed by atoms with Crippen LogP contribution in [0, 0.1) is 5.41 Å². The summed E-state index contributed by atoms with van der Waals surface area (Å²) < 4.78 is 0. The van der Waals surface area contributed by atoms with Gasteiger partial charge in [-0.2, -0.15) is 0 Å². The number of amidine groups is 1. The topological polar surface area (TPSA) is 78.0 Å². The zero-order chi connectivity index (χ0) is 7.40. The summed E-state index contributed by atoms with van der Waals surface area (Å²) in [7, 11) is 0. The van der Waals surface area contributed by atoms with Gasteiger partial charge in [0.2, 0.25) is 0 Å². The lowest BCUT2D eigenvalue weighted by Gasteiger charge is -1.90. The molecular weight excluding hydrogens is 128 g/mol. The SMILES string of the molecule is N=CN=C(N)c1ccc[nH]1. The highest BCUT2D eigenvalue weighted by atomic mass is 14.9. The molecule has 0 aliphatic rings. The van der Waals surface area contributed by atoms with Crippen LogP contribution in [0.4, 0.5) is 0 Å². The first-order chi connectivity index (χ1) is 4.84. The molecule has 0 aliphatic carbocycles. The first-order valence-corrected chi connectivity index (χ1v) is 2.80. The summed E-state index contributed by atoms with van der Waals surface area (Å²) in [6.45, 7) is 0. The molecule has 4 nitrogen and oxygen atoms in total. The normalized spacial score (nSPS) is 11.4. The highest BCUT2D eigenvalue weighted by Crippen LogP contribution is 1.91. The number of hydrogen-bond acceptors (Lipinski definition) is 1. The van der Waals surface area contributed by atoms with Crippen LogP contribution in [0.15, 0.2) is 23.3 Å². The van der Waals surface area contributed by atoms with Gasteiger partial charge in [0.05, 0.1) is 5.69 Å². The molecule has 0 spiro atoms. The van der Waals surface area contributed by atoms with Gasteiger partial charge in [-0.1, -0.05) is 0 Å². The molecule has 10 heavy (non-hydrogen) atoms. The van der Waals surface area contributed by atoms with Crippen LogP contribution < -0.4 is 5.73 Å². The molecule has 1 aromatic heterocycles. The molecule has 0 unspecified atom stereocenters. The van der Waals surface area contributed by atoms with Crippen molar-refractivity contribution < 1.29 is 0 Å². The predicted octanol–water partition coefficient (Wildman–Crippen LogP) is 0.327. The van der Waals surface area contributed by atoms with Crippen molar-refractivity contribution in [1.82, 2.24) is 4.98 Å². The van der Waals surface area contributed by atoms with Crippen molar-refractivity contribution in [3.8, 4) is 0 Å². The molecular formula is C6H8N4. The lowest BCUT2D eigenvalue weighted by molar-refractivity contribution is 1.34. The third kappa shape index (κ3) is 1.22. The molecule has 0 fully saturated rings. The molecule has 0 amide bonds. The van der Waals surface area contributed by atoms with Gasteiger partial charge in [-0.25, -0.2) is 4.99 Å². The number of aromatic nitrogens is 1. The number of rotatable bonds is 2. The molecule has 0 saturated carbocycles. The standard InChI is InChI=1S/C6H8N4/c7-4-10-6(8)5-2-1-3-9-5/h1-4,9H,(H3,7,8,10). The van der Waals surface area contributed by atoms with Gasteiger partial charge >= 0.3 is 0 Å². The third-order valence-corrected chi connectivity index (χ3v) is 1.08. The zero-order valence-electron chi connectivity index (χ0n) is 5.33. The fourth-order valence-electron chi connectivity index (χ4n) is 0.629. The van der Waals surface area contributed by atoms with Crippen LogP contribution in [0.25, 0.3) is 0 Å². The monoisotopic (exact) mass is 136 g/mol. The maximum Gasteiger partial charge on any atom is 0.148 e. The quantitative estimate of drug-likeness (QED) is 0.397. The van der Waals surface area contributed by atoms with Crippen LogP contribution in [0.1, 0.15) is 5.69 Å². The average molecular weight is 136 g/mol. The summed E-state index contributed by atoms with van der Waals surface area (Å²) in [6, 6.07) is 3.62. The van der Waals surface area contributed by atoms with Crippen molar-refractivity contribution in [3.63, 3.8) is 0 Å². The Labute approximate surface area is 58.3 Å².